The second-order valence-corrected chi connectivity index (χ2v) is 15.3. The van der Waals surface area contributed by atoms with E-state index in [4.69, 9.17) is 13.9 Å². The lowest BCUT2D eigenvalue weighted by Gasteiger charge is -2.45. The van der Waals surface area contributed by atoms with Gasteiger partial charge in [0.05, 0.1) is 0 Å². The van der Waals surface area contributed by atoms with Crippen LogP contribution in [0.3, 0.4) is 0 Å². The molecule has 0 unspecified atom stereocenters. The van der Waals surface area contributed by atoms with E-state index in [0.717, 1.165) is 12.8 Å². The summed E-state index contributed by atoms with van der Waals surface area (Å²) in [5, 5.41) is 0.205. The van der Waals surface area contributed by atoms with Crippen molar-refractivity contribution in [3.8, 4) is 0 Å². The maximum atomic E-state index is 11.1. The summed E-state index contributed by atoms with van der Waals surface area (Å²) in [4.78, 5) is 11.1. The van der Waals surface area contributed by atoms with Gasteiger partial charge >= 0.3 is 5.97 Å². The summed E-state index contributed by atoms with van der Waals surface area (Å²) in [6.45, 7) is 21.5. The predicted molar refractivity (Wildman–Crippen MR) is 108 cm³/mol. The molecule has 5 heteroatoms. The van der Waals surface area contributed by atoms with Crippen LogP contribution < -0.4 is 0 Å². The number of fused-ring (bicyclic) bond motifs is 1. The van der Waals surface area contributed by atoms with Crippen molar-refractivity contribution >= 4 is 14.3 Å². The quantitative estimate of drug-likeness (QED) is 0.283. The summed E-state index contributed by atoms with van der Waals surface area (Å²) in [5.41, 5.74) is -0.560. The Morgan fingerprint density at radius 1 is 1.23 bits per heavy atom. The molecule has 2 fully saturated rings. The number of rotatable bonds is 5. The van der Waals surface area contributed by atoms with E-state index in [1.807, 2.05) is 13.0 Å². The molecular weight excluding hydrogens is 344 g/mol. The van der Waals surface area contributed by atoms with Crippen molar-refractivity contribution in [1.29, 1.82) is 0 Å². The minimum atomic E-state index is -1.81. The van der Waals surface area contributed by atoms with E-state index >= 15 is 0 Å². The lowest BCUT2D eigenvalue weighted by molar-refractivity contribution is -0.143. The largest absolute Gasteiger partial charge is 0.459 e. The fraction of sp³-hybridized carbons (Fsp3) is 0.857. The standard InChI is InChI=1S/C21H38O4Si/c1-15(23-16(2)22)11-12-21-19(6,7)13-17(14-20(21,8)25-21)24-26(9,10)18(3,4)5/h11-12,15,17H,13-14H2,1-10H3/b12-11+/t15-,17+,20-,21+/m1/s1. The number of ether oxygens (including phenoxy) is 2. The fourth-order valence-electron chi connectivity index (χ4n) is 4.29. The predicted octanol–water partition coefficient (Wildman–Crippen LogP) is 5.23. The average Bonchev–Trinajstić information content (AvgIpc) is 3.00. The monoisotopic (exact) mass is 382 g/mol. The third-order valence-electron chi connectivity index (χ3n) is 6.71. The van der Waals surface area contributed by atoms with Crippen LogP contribution in [-0.4, -0.2) is 37.7 Å². The molecule has 0 spiro atoms. The van der Waals surface area contributed by atoms with Crippen LogP contribution in [0.5, 0.6) is 0 Å². The van der Waals surface area contributed by atoms with Crippen LogP contribution in [-0.2, 0) is 18.7 Å². The van der Waals surface area contributed by atoms with Crippen LogP contribution in [0, 0.1) is 5.41 Å². The Balaban J connectivity index is 2.15. The second-order valence-electron chi connectivity index (χ2n) is 10.5. The summed E-state index contributed by atoms with van der Waals surface area (Å²) in [6, 6.07) is 0. The normalized spacial score (nSPS) is 35.1. The van der Waals surface area contributed by atoms with Gasteiger partial charge in [-0.3, -0.25) is 4.79 Å². The van der Waals surface area contributed by atoms with Gasteiger partial charge in [0.2, 0.25) is 0 Å². The molecule has 0 aromatic carbocycles. The highest BCUT2D eigenvalue weighted by Crippen LogP contribution is 2.66. The number of hydrogen-bond donors (Lipinski definition) is 0. The number of hydrogen-bond acceptors (Lipinski definition) is 4. The Labute approximate surface area is 160 Å². The number of carbonyl (C=O) groups is 1. The van der Waals surface area contributed by atoms with Crippen molar-refractivity contribution in [2.75, 3.05) is 0 Å². The van der Waals surface area contributed by atoms with Crippen LogP contribution in [0.25, 0.3) is 0 Å². The smallest absolute Gasteiger partial charge is 0.303 e. The van der Waals surface area contributed by atoms with Crippen LogP contribution in [0.15, 0.2) is 12.2 Å². The maximum absolute atomic E-state index is 11.1. The van der Waals surface area contributed by atoms with Gasteiger partial charge < -0.3 is 13.9 Å². The van der Waals surface area contributed by atoms with E-state index in [9.17, 15) is 4.79 Å². The van der Waals surface area contributed by atoms with E-state index < -0.39 is 8.32 Å². The Hall–Kier alpha value is -0.653. The molecule has 0 radical (unpaired) electrons. The van der Waals surface area contributed by atoms with Crippen molar-refractivity contribution in [3.63, 3.8) is 0 Å². The van der Waals surface area contributed by atoms with Gasteiger partial charge in [-0.25, -0.2) is 0 Å². The highest BCUT2D eigenvalue weighted by molar-refractivity contribution is 6.74. The van der Waals surface area contributed by atoms with Crippen molar-refractivity contribution in [3.05, 3.63) is 12.2 Å². The molecule has 1 aliphatic heterocycles. The first-order valence-corrected chi connectivity index (χ1v) is 12.7. The number of esters is 1. The number of carbonyl (C=O) groups excluding carboxylic acids is 1. The highest BCUT2D eigenvalue weighted by Gasteiger charge is 2.75. The van der Waals surface area contributed by atoms with Gasteiger partial charge in [-0.15, -0.1) is 0 Å². The Bertz CT molecular complexity index is 589. The fourth-order valence-corrected chi connectivity index (χ4v) is 5.64. The zero-order chi connectivity index (χ0) is 20.2. The van der Waals surface area contributed by atoms with Crippen molar-refractivity contribution in [1.82, 2.24) is 0 Å². The zero-order valence-electron chi connectivity index (χ0n) is 18.4. The molecular formula is C21H38O4Si. The van der Waals surface area contributed by atoms with Gasteiger partial charge in [0.25, 0.3) is 0 Å². The maximum Gasteiger partial charge on any atom is 0.303 e. The van der Waals surface area contributed by atoms with Crippen molar-refractivity contribution < 1.29 is 18.7 Å². The molecule has 4 nitrogen and oxygen atoms in total. The van der Waals surface area contributed by atoms with Gasteiger partial charge in [-0.2, -0.15) is 0 Å². The SMILES string of the molecule is CC(=O)O[C@H](C)/C=C/[C@@]12O[C@]1(C)C[C@@H](O[Si](C)(C)C(C)(C)C)CC2(C)C. The van der Waals surface area contributed by atoms with E-state index in [0.29, 0.717) is 0 Å². The molecule has 1 saturated heterocycles. The molecule has 1 saturated carbocycles. The molecule has 150 valence electrons. The summed E-state index contributed by atoms with van der Waals surface area (Å²) in [5.74, 6) is -0.259. The van der Waals surface area contributed by atoms with Gasteiger partial charge in [-0.05, 0) is 50.6 Å². The minimum absolute atomic E-state index is 0.0422. The molecule has 2 aliphatic rings. The summed E-state index contributed by atoms with van der Waals surface area (Å²) < 4.78 is 18.3. The molecule has 0 aromatic rings. The third-order valence-corrected chi connectivity index (χ3v) is 11.2. The topological polar surface area (TPSA) is 48.1 Å². The van der Waals surface area contributed by atoms with E-state index in [1.165, 1.54) is 6.92 Å². The molecule has 0 bridgehead atoms. The lowest BCUT2D eigenvalue weighted by atomic mass is 9.63. The molecule has 0 N–H and O–H groups in total. The summed E-state index contributed by atoms with van der Waals surface area (Å²) in [7, 11) is -1.81. The first-order valence-electron chi connectivity index (χ1n) is 9.80. The van der Waals surface area contributed by atoms with Gasteiger partial charge in [0.15, 0.2) is 8.32 Å². The van der Waals surface area contributed by atoms with Gasteiger partial charge in [0, 0.05) is 24.9 Å². The first-order chi connectivity index (χ1) is 11.6. The van der Waals surface area contributed by atoms with Crippen LogP contribution in [0.4, 0.5) is 0 Å². The zero-order valence-corrected chi connectivity index (χ0v) is 19.4. The summed E-state index contributed by atoms with van der Waals surface area (Å²) >= 11 is 0. The molecule has 2 rings (SSSR count). The van der Waals surface area contributed by atoms with Crippen molar-refractivity contribution in [2.45, 2.75) is 110 Å². The molecule has 0 amide bonds. The van der Waals surface area contributed by atoms with Crippen LogP contribution in [0.2, 0.25) is 18.1 Å². The first kappa shape index (κ1) is 21.6. The Morgan fingerprint density at radius 3 is 2.27 bits per heavy atom. The highest BCUT2D eigenvalue weighted by atomic mass is 28.4. The molecule has 1 heterocycles. The molecule has 0 aromatic heterocycles. The lowest BCUT2D eigenvalue weighted by Crippen LogP contribution is -2.51. The van der Waals surface area contributed by atoms with Gasteiger partial charge in [-0.1, -0.05) is 34.6 Å². The third kappa shape index (κ3) is 3.81. The van der Waals surface area contributed by atoms with Crippen molar-refractivity contribution in [2.24, 2.45) is 5.41 Å². The van der Waals surface area contributed by atoms with Crippen LogP contribution in [0.1, 0.15) is 68.2 Å². The Kier molecular flexibility index (Phi) is 5.37. The van der Waals surface area contributed by atoms with E-state index in [1.54, 1.807) is 0 Å². The average molecular weight is 383 g/mol. The van der Waals surface area contributed by atoms with E-state index in [2.05, 4.69) is 60.7 Å². The molecule has 1 aliphatic carbocycles. The molecule has 26 heavy (non-hydrogen) atoms. The van der Waals surface area contributed by atoms with Gasteiger partial charge in [0.1, 0.15) is 17.3 Å². The minimum Gasteiger partial charge on any atom is -0.459 e. The number of epoxide rings is 1. The Morgan fingerprint density at radius 2 is 1.81 bits per heavy atom. The van der Waals surface area contributed by atoms with E-state index in [-0.39, 0.29) is 39.8 Å². The second kappa shape index (κ2) is 6.45. The summed E-state index contributed by atoms with van der Waals surface area (Å²) in [6.07, 6.45) is 5.96. The van der Waals surface area contributed by atoms with Crippen LogP contribution >= 0.6 is 0 Å². The molecule has 4 atom stereocenters.